The van der Waals surface area contributed by atoms with Crippen LogP contribution < -0.4 is 10.9 Å². The summed E-state index contributed by atoms with van der Waals surface area (Å²) in [5.74, 6) is -1.08. The van der Waals surface area contributed by atoms with E-state index in [1.807, 2.05) is 0 Å². The lowest BCUT2D eigenvalue weighted by Crippen LogP contribution is -2.24. The SMILES string of the molecule is CC(Sc1nc2c(c(=O)[nH]1)CSC2)C(=O)Nc1ccc(F)c(F)c1. The Balaban J connectivity index is 1.69. The molecule has 0 spiro atoms. The molecule has 1 unspecified atom stereocenters. The van der Waals surface area contributed by atoms with Crippen LogP contribution in [0.4, 0.5) is 14.5 Å². The van der Waals surface area contributed by atoms with Crippen molar-refractivity contribution in [1.29, 1.82) is 0 Å². The molecule has 1 aromatic heterocycles. The number of benzene rings is 1. The number of hydrogen-bond acceptors (Lipinski definition) is 5. The van der Waals surface area contributed by atoms with Gasteiger partial charge in [0.15, 0.2) is 16.8 Å². The third-order valence-corrected chi connectivity index (χ3v) is 5.36. The van der Waals surface area contributed by atoms with Crippen molar-refractivity contribution < 1.29 is 13.6 Å². The van der Waals surface area contributed by atoms with Crippen molar-refractivity contribution in [2.45, 2.75) is 28.8 Å². The number of amides is 1. The van der Waals surface area contributed by atoms with Crippen molar-refractivity contribution in [3.05, 3.63) is 51.4 Å². The van der Waals surface area contributed by atoms with E-state index in [1.165, 1.54) is 6.07 Å². The van der Waals surface area contributed by atoms with Crippen LogP contribution in [-0.4, -0.2) is 21.1 Å². The maximum Gasteiger partial charge on any atom is 0.255 e. The molecule has 9 heteroatoms. The van der Waals surface area contributed by atoms with Gasteiger partial charge in [-0.3, -0.25) is 9.59 Å². The maximum absolute atomic E-state index is 13.2. The van der Waals surface area contributed by atoms with Gasteiger partial charge in [-0.1, -0.05) is 11.8 Å². The molecule has 1 aliphatic rings. The number of aromatic amines is 1. The van der Waals surface area contributed by atoms with Crippen molar-refractivity contribution in [3.8, 4) is 0 Å². The summed E-state index contributed by atoms with van der Waals surface area (Å²) >= 11 is 2.72. The first kappa shape index (κ1) is 17.0. The minimum Gasteiger partial charge on any atom is -0.325 e. The first-order valence-electron chi connectivity index (χ1n) is 7.06. The molecular formula is C15H13F2N3O2S2. The smallest absolute Gasteiger partial charge is 0.255 e. The number of nitrogens with one attached hydrogen (secondary N) is 2. The molecule has 1 aromatic carbocycles. The minimum atomic E-state index is -1.03. The van der Waals surface area contributed by atoms with E-state index in [1.54, 1.807) is 18.7 Å². The number of aromatic nitrogens is 2. The summed E-state index contributed by atoms with van der Waals surface area (Å²) in [6.45, 7) is 1.64. The van der Waals surface area contributed by atoms with Gasteiger partial charge in [0.25, 0.3) is 5.56 Å². The zero-order valence-electron chi connectivity index (χ0n) is 12.6. The van der Waals surface area contributed by atoms with Crippen LogP contribution in [0.5, 0.6) is 0 Å². The molecular weight excluding hydrogens is 356 g/mol. The van der Waals surface area contributed by atoms with Gasteiger partial charge < -0.3 is 10.3 Å². The number of carbonyl (C=O) groups is 1. The molecule has 0 saturated heterocycles. The Hall–Kier alpha value is -1.87. The van der Waals surface area contributed by atoms with Gasteiger partial charge in [0, 0.05) is 28.8 Å². The molecule has 0 bridgehead atoms. The zero-order chi connectivity index (χ0) is 17.3. The van der Waals surface area contributed by atoms with Crippen LogP contribution in [0.15, 0.2) is 28.2 Å². The summed E-state index contributed by atoms with van der Waals surface area (Å²) < 4.78 is 26.1. The fourth-order valence-corrected chi connectivity index (χ4v) is 3.99. The molecule has 2 heterocycles. The van der Waals surface area contributed by atoms with E-state index in [2.05, 4.69) is 15.3 Å². The first-order valence-corrected chi connectivity index (χ1v) is 9.10. The number of hydrogen-bond donors (Lipinski definition) is 2. The lowest BCUT2D eigenvalue weighted by atomic mass is 10.3. The number of H-pyrrole nitrogens is 1. The average Bonchev–Trinajstić information content (AvgIpc) is 3.00. The Kier molecular flexibility index (Phi) is 4.91. The van der Waals surface area contributed by atoms with Crippen LogP contribution in [0.25, 0.3) is 0 Å². The highest BCUT2D eigenvalue weighted by Crippen LogP contribution is 2.28. The summed E-state index contributed by atoms with van der Waals surface area (Å²) in [6, 6.07) is 3.14. The largest absolute Gasteiger partial charge is 0.325 e. The van der Waals surface area contributed by atoms with Crippen molar-refractivity contribution in [3.63, 3.8) is 0 Å². The molecule has 1 atom stereocenters. The predicted molar refractivity (Wildman–Crippen MR) is 90.2 cm³/mol. The number of carbonyl (C=O) groups excluding carboxylic acids is 1. The van der Waals surface area contributed by atoms with Crippen molar-refractivity contribution in [1.82, 2.24) is 9.97 Å². The van der Waals surface area contributed by atoms with Gasteiger partial charge in [-0.2, -0.15) is 11.8 Å². The van der Waals surface area contributed by atoms with Crippen LogP contribution in [0.3, 0.4) is 0 Å². The van der Waals surface area contributed by atoms with Gasteiger partial charge in [-0.15, -0.1) is 0 Å². The van der Waals surface area contributed by atoms with E-state index in [0.29, 0.717) is 22.2 Å². The highest BCUT2D eigenvalue weighted by atomic mass is 32.2. The molecule has 2 N–H and O–H groups in total. The number of fused-ring (bicyclic) bond motifs is 1. The molecule has 0 radical (unpaired) electrons. The summed E-state index contributed by atoms with van der Waals surface area (Å²) in [5, 5.41) is 2.30. The zero-order valence-corrected chi connectivity index (χ0v) is 14.2. The Morgan fingerprint density at radius 2 is 2.17 bits per heavy atom. The molecule has 0 fully saturated rings. The highest BCUT2D eigenvalue weighted by molar-refractivity contribution is 8.00. The Morgan fingerprint density at radius 3 is 2.92 bits per heavy atom. The minimum absolute atomic E-state index is 0.165. The Morgan fingerprint density at radius 1 is 1.38 bits per heavy atom. The lowest BCUT2D eigenvalue weighted by Gasteiger charge is -2.12. The van der Waals surface area contributed by atoms with Crippen molar-refractivity contribution >= 4 is 35.1 Å². The molecule has 0 aliphatic carbocycles. The van der Waals surface area contributed by atoms with Gasteiger partial charge in [0.05, 0.1) is 10.9 Å². The molecule has 3 rings (SSSR count). The topological polar surface area (TPSA) is 74.8 Å². The van der Waals surface area contributed by atoms with Gasteiger partial charge in [0.2, 0.25) is 5.91 Å². The molecule has 1 aliphatic heterocycles. The molecule has 24 heavy (non-hydrogen) atoms. The molecule has 0 saturated carbocycles. The number of halogens is 2. The van der Waals surface area contributed by atoms with E-state index < -0.39 is 22.8 Å². The van der Waals surface area contributed by atoms with E-state index in [4.69, 9.17) is 0 Å². The predicted octanol–water partition coefficient (Wildman–Crippen LogP) is 2.91. The van der Waals surface area contributed by atoms with Crippen molar-refractivity contribution in [2.24, 2.45) is 0 Å². The van der Waals surface area contributed by atoms with E-state index >= 15 is 0 Å². The van der Waals surface area contributed by atoms with Gasteiger partial charge in [-0.05, 0) is 19.1 Å². The second-order valence-electron chi connectivity index (χ2n) is 5.17. The van der Waals surface area contributed by atoms with Crippen LogP contribution in [0.2, 0.25) is 0 Å². The molecule has 126 valence electrons. The summed E-state index contributed by atoms with van der Waals surface area (Å²) in [4.78, 5) is 31.1. The van der Waals surface area contributed by atoms with Crippen LogP contribution in [0, 0.1) is 11.6 Å². The highest BCUT2D eigenvalue weighted by Gasteiger charge is 2.21. The normalized spacial score (nSPS) is 14.3. The number of thioether (sulfide) groups is 2. The van der Waals surface area contributed by atoms with E-state index in [9.17, 15) is 18.4 Å². The molecule has 2 aromatic rings. The first-order chi connectivity index (χ1) is 11.4. The Labute approximate surface area is 144 Å². The van der Waals surface area contributed by atoms with Gasteiger partial charge >= 0.3 is 0 Å². The van der Waals surface area contributed by atoms with E-state index in [-0.39, 0.29) is 11.2 Å². The fourth-order valence-electron chi connectivity index (χ4n) is 2.13. The lowest BCUT2D eigenvalue weighted by molar-refractivity contribution is -0.115. The summed E-state index contributed by atoms with van der Waals surface area (Å²) in [5.41, 5.74) is 1.42. The third-order valence-electron chi connectivity index (χ3n) is 3.41. The van der Waals surface area contributed by atoms with Crippen LogP contribution in [-0.2, 0) is 16.3 Å². The number of nitrogens with zero attached hydrogens (tertiary/aromatic N) is 1. The number of rotatable bonds is 4. The second-order valence-corrected chi connectivity index (χ2v) is 7.48. The average molecular weight is 369 g/mol. The fraction of sp³-hybridized carbons (Fsp3) is 0.267. The monoisotopic (exact) mass is 369 g/mol. The number of anilines is 1. The molecule has 5 nitrogen and oxygen atoms in total. The van der Waals surface area contributed by atoms with Gasteiger partial charge in [0.1, 0.15) is 0 Å². The quantitative estimate of drug-likeness (QED) is 0.640. The summed E-state index contributed by atoms with van der Waals surface area (Å²) in [7, 11) is 0. The standard InChI is InChI=1S/C15H13F2N3O2S2/c1-7(13(21)18-8-2-3-10(16)11(17)4-8)24-15-19-12-6-23-5-9(12)14(22)20-15/h2-4,7H,5-6H2,1H3,(H,18,21)(H,19,20,22). The third kappa shape index (κ3) is 3.62. The maximum atomic E-state index is 13.2. The van der Waals surface area contributed by atoms with Crippen molar-refractivity contribution in [2.75, 3.05) is 5.32 Å². The van der Waals surface area contributed by atoms with E-state index in [0.717, 1.165) is 29.6 Å². The Bertz CT molecular complexity index is 857. The van der Waals surface area contributed by atoms with Crippen LogP contribution >= 0.6 is 23.5 Å². The van der Waals surface area contributed by atoms with Gasteiger partial charge in [-0.25, -0.2) is 13.8 Å². The summed E-state index contributed by atoms with van der Waals surface area (Å²) in [6.07, 6.45) is 0. The second kappa shape index (κ2) is 6.94. The molecule has 1 amide bonds. The van der Waals surface area contributed by atoms with Crippen LogP contribution in [0.1, 0.15) is 18.2 Å².